The van der Waals surface area contributed by atoms with Gasteiger partial charge in [0, 0.05) is 11.1 Å². The van der Waals surface area contributed by atoms with Gasteiger partial charge < -0.3 is 0 Å². The third-order valence-electron chi connectivity index (χ3n) is 5.00. The van der Waals surface area contributed by atoms with Crippen molar-refractivity contribution in [3.05, 3.63) is 101 Å². The molecule has 0 atom stereocenters. The van der Waals surface area contributed by atoms with Gasteiger partial charge in [-0.25, -0.2) is 9.83 Å². The van der Waals surface area contributed by atoms with Gasteiger partial charge in [0.15, 0.2) is 5.69 Å². The minimum atomic E-state index is 0.581. The van der Waals surface area contributed by atoms with Crippen molar-refractivity contribution in [1.82, 2.24) is 9.97 Å². The predicted octanol–water partition coefficient (Wildman–Crippen LogP) is 6.52. The summed E-state index contributed by atoms with van der Waals surface area (Å²) >= 11 is 0. The highest BCUT2D eigenvalue weighted by atomic mass is 14.8. The van der Waals surface area contributed by atoms with E-state index in [1.54, 1.807) is 30.5 Å². The minimum absolute atomic E-state index is 0.581. The minimum Gasteiger partial charge on any atom is -0.252 e. The number of nitriles is 1. The highest BCUT2D eigenvalue weighted by molar-refractivity contribution is 5.81. The zero-order valence-electron chi connectivity index (χ0n) is 16.7. The van der Waals surface area contributed by atoms with Gasteiger partial charge >= 0.3 is 0 Å². The van der Waals surface area contributed by atoms with Crippen LogP contribution in [-0.2, 0) is 0 Å². The third kappa shape index (κ3) is 3.68. The van der Waals surface area contributed by atoms with E-state index in [0.717, 1.165) is 44.9 Å². The fraction of sp³-hybridized carbons (Fsp3) is 0.0769. The zero-order valence-corrected chi connectivity index (χ0v) is 16.7. The van der Waals surface area contributed by atoms with Gasteiger partial charge in [-0.05, 0) is 43.2 Å². The topological polar surface area (TPSA) is 53.9 Å². The Kier molecular flexibility index (Phi) is 5.08. The second kappa shape index (κ2) is 7.99. The zero-order chi connectivity index (χ0) is 21.1. The predicted molar refractivity (Wildman–Crippen MR) is 119 cm³/mol. The summed E-state index contributed by atoms with van der Waals surface area (Å²) in [5.41, 5.74) is 8.59. The van der Waals surface area contributed by atoms with Crippen LogP contribution in [0.2, 0.25) is 0 Å². The average molecular weight is 386 g/mol. The summed E-state index contributed by atoms with van der Waals surface area (Å²) in [7, 11) is 0. The van der Waals surface area contributed by atoms with Gasteiger partial charge in [-0.1, -0.05) is 54.1 Å². The SMILES string of the molecule is [C-]#[N+]c1ccc(-c2nc(-c3cc(C)ccc3C)cnc2-c2ccc(C#N)cc2)cc1. The molecule has 4 heteroatoms. The fourth-order valence-electron chi connectivity index (χ4n) is 3.34. The smallest absolute Gasteiger partial charge is 0.187 e. The first-order chi connectivity index (χ1) is 14.6. The molecule has 1 heterocycles. The molecule has 0 N–H and O–H groups in total. The molecule has 0 spiro atoms. The van der Waals surface area contributed by atoms with Crippen LogP contribution in [0.5, 0.6) is 0 Å². The molecule has 0 saturated heterocycles. The van der Waals surface area contributed by atoms with Crippen LogP contribution in [0.3, 0.4) is 0 Å². The Bertz CT molecular complexity index is 1310. The van der Waals surface area contributed by atoms with E-state index >= 15 is 0 Å². The van der Waals surface area contributed by atoms with E-state index in [0.29, 0.717) is 11.3 Å². The lowest BCUT2D eigenvalue weighted by Crippen LogP contribution is -1.97. The lowest BCUT2D eigenvalue weighted by atomic mass is 10.00. The molecule has 0 aliphatic carbocycles. The van der Waals surface area contributed by atoms with Crippen LogP contribution >= 0.6 is 0 Å². The molecular formula is C26H18N4. The molecule has 3 aromatic carbocycles. The molecule has 1 aromatic heterocycles. The maximum absolute atomic E-state index is 9.09. The molecule has 0 aliphatic rings. The molecule has 0 bridgehead atoms. The molecule has 142 valence electrons. The van der Waals surface area contributed by atoms with Crippen molar-refractivity contribution in [3.8, 4) is 39.8 Å². The van der Waals surface area contributed by atoms with E-state index in [2.05, 4.69) is 43.0 Å². The van der Waals surface area contributed by atoms with Crippen molar-refractivity contribution in [3.63, 3.8) is 0 Å². The number of nitrogens with zero attached hydrogens (tertiary/aromatic N) is 4. The number of hydrogen-bond acceptors (Lipinski definition) is 3. The molecule has 0 amide bonds. The van der Waals surface area contributed by atoms with Crippen LogP contribution in [0.15, 0.2) is 72.9 Å². The monoisotopic (exact) mass is 386 g/mol. The maximum atomic E-state index is 9.09. The van der Waals surface area contributed by atoms with Crippen LogP contribution in [0, 0.1) is 31.8 Å². The molecule has 4 aromatic rings. The second-order valence-electron chi connectivity index (χ2n) is 7.12. The fourth-order valence-corrected chi connectivity index (χ4v) is 3.34. The Morgan fingerprint density at radius 1 is 0.867 bits per heavy atom. The summed E-state index contributed by atoms with van der Waals surface area (Å²) in [4.78, 5) is 13.2. The largest absolute Gasteiger partial charge is 0.252 e. The van der Waals surface area contributed by atoms with Gasteiger partial charge in [-0.2, -0.15) is 5.26 Å². The van der Waals surface area contributed by atoms with E-state index in [9.17, 15) is 0 Å². The highest BCUT2D eigenvalue weighted by Crippen LogP contribution is 2.33. The van der Waals surface area contributed by atoms with Crippen LogP contribution in [0.1, 0.15) is 16.7 Å². The van der Waals surface area contributed by atoms with Gasteiger partial charge in [0.25, 0.3) is 0 Å². The van der Waals surface area contributed by atoms with Gasteiger partial charge in [-0.15, -0.1) is 0 Å². The summed E-state index contributed by atoms with van der Waals surface area (Å²) in [6.07, 6.45) is 1.80. The number of rotatable bonds is 3. The van der Waals surface area contributed by atoms with Crippen molar-refractivity contribution in [1.29, 1.82) is 5.26 Å². The number of hydrogen-bond donors (Lipinski definition) is 0. The molecule has 0 saturated carbocycles. The quantitative estimate of drug-likeness (QED) is 0.377. The Balaban J connectivity index is 1.92. The first-order valence-corrected chi connectivity index (χ1v) is 9.52. The van der Waals surface area contributed by atoms with Crippen molar-refractivity contribution < 1.29 is 0 Å². The molecule has 0 fully saturated rings. The third-order valence-corrected chi connectivity index (χ3v) is 5.00. The molecular weight excluding hydrogens is 368 g/mol. The summed E-state index contributed by atoms with van der Waals surface area (Å²) in [6, 6.07) is 23.1. The average Bonchev–Trinajstić information content (AvgIpc) is 2.80. The summed E-state index contributed by atoms with van der Waals surface area (Å²) < 4.78 is 0. The molecule has 0 aliphatic heterocycles. The van der Waals surface area contributed by atoms with Gasteiger partial charge in [0.1, 0.15) is 0 Å². The first kappa shape index (κ1) is 19.1. The molecule has 4 nitrogen and oxygen atoms in total. The van der Waals surface area contributed by atoms with E-state index in [1.165, 1.54) is 0 Å². The van der Waals surface area contributed by atoms with Gasteiger partial charge in [0.2, 0.25) is 0 Å². The maximum Gasteiger partial charge on any atom is 0.187 e. The Morgan fingerprint density at radius 3 is 2.20 bits per heavy atom. The number of aryl methyl sites for hydroxylation is 2. The summed E-state index contributed by atoms with van der Waals surface area (Å²) in [6.45, 7) is 11.3. The molecule has 0 unspecified atom stereocenters. The van der Waals surface area contributed by atoms with E-state index in [-0.39, 0.29) is 0 Å². The normalized spacial score (nSPS) is 10.3. The lowest BCUT2D eigenvalue weighted by molar-refractivity contribution is 1.20. The first-order valence-electron chi connectivity index (χ1n) is 9.52. The Morgan fingerprint density at radius 2 is 1.53 bits per heavy atom. The molecule has 4 rings (SSSR count). The lowest BCUT2D eigenvalue weighted by Gasteiger charge is -2.13. The summed E-state index contributed by atoms with van der Waals surface area (Å²) in [5.74, 6) is 0. The highest BCUT2D eigenvalue weighted by Gasteiger charge is 2.14. The van der Waals surface area contributed by atoms with Crippen molar-refractivity contribution in [2.24, 2.45) is 0 Å². The van der Waals surface area contributed by atoms with Gasteiger partial charge in [-0.3, -0.25) is 4.98 Å². The Hall–Kier alpha value is -4.28. The van der Waals surface area contributed by atoms with Crippen molar-refractivity contribution in [2.75, 3.05) is 0 Å². The molecule has 30 heavy (non-hydrogen) atoms. The van der Waals surface area contributed by atoms with E-state index < -0.39 is 0 Å². The number of aromatic nitrogens is 2. The van der Waals surface area contributed by atoms with Crippen LogP contribution in [-0.4, -0.2) is 9.97 Å². The van der Waals surface area contributed by atoms with Gasteiger partial charge in [0.05, 0.1) is 41.5 Å². The van der Waals surface area contributed by atoms with Crippen LogP contribution in [0.4, 0.5) is 5.69 Å². The van der Waals surface area contributed by atoms with Crippen LogP contribution in [0.25, 0.3) is 38.6 Å². The Labute approximate surface area is 175 Å². The van der Waals surface area contributed by atoms with E-state index in [4.69, 9.17) is 21.8 Å². The number of benzene rings is 3. The summed E-state index contributed by atoms with van der Waals surface area (Å²) in [5, 5.41) is 9.09. The standard InChI is InChI=1S/C26H18N4/c1-17-4-5-18(2)23(14-17)24-16-29-25(20-8-6-19(15-27)7-9-20)26(30-24)21-10-12-22(28-3)13-11-21/h4-14,16H,1-2H3. The second-order valence-corrected chi connectivity index (χ2v) is 7.12. The molecule has 0 radical (unpaired) electrons. The van der Waals surface area contributed by atoms with Crippen molar-refractivity contribution >= 4 is 5.69 Å². The van der Waals surface area contributed by atoms with E-state index in [1.807, 2.05) is 24.3 Å². The van der Waals surface area contributed by atoms with Crippen LogP contribution < -0.4 is 0 Å². The van der Waals surface area contributed by atoms with Crippen molar-refractivity contribution in [2.45, 2.75) is 13.8 Å².